The predicted molar refractivity (Wildman–Crippen MR) is 88.6 cm³/mol. The van der Waals surface area contributed by atoms with E-state index in [1.165, 1.54) is 12.3 Å². The zero-order valence-corrected chi connectivity index (χ0v) is 13.1. The van der Waals surface area contributed by atoms with Crippen molar-refractivity contribution < 1.29 is 9.18 Å². The summed E-state index contributed by atoms with van der Waals surface area (Å²) in [5.74, 6) is 0.308. The second-order valence-corrected chi connectivity index (χ2v) is 6.07. The Labute approximate surface area is 135 Å². The number of amides is 2. The summed E-state index contributed by atoms with van der Waals surface area (Å²) in [5.41, 5.74) is 2.21. The summed E-state index contributed by atoms with van der Waals surface area (Å²) in [7, 11) is 0. The van der Waals surface area contributed by atoms with Crippen LogP contribution in [-0.4, -0.2) is 29.0 Å². The van der Waals surface area contributed by atoms with E-state index >= 15 is 0 Å². The molecule has 0 atom stereocenters. The summed E-state index contributed by atoms with van der Waals surface area (Å²) in [6, 6.07) is 8.73. The number of nitrogens with zero attached hydrogens (tertiary/aromatic N) is 2. The Morgan fingerprint density at radius 2 is 2.00 bits per heavy atom. The largest absolute Gasteiger partial charge is 0.325 e. The van der Waals surface area contributed by atoms with Gasteiger partial charge in [-0.2, -0.15) is 0 Å². The summed E-state index contributed by atoms with van der Waals surface area (Å²) >= 11 is 0. The van der Waals surface area contributed by atoms with E-state index in [1.807, 2.05) is 29.2 Å². The van der Waals surface area contributed by atoms with Crippen molar-refractivity contribution in [1.82, 2.24) is 9.88 Å². The number of carbonyl (C=O) groups excluding carboxylic acids is 1. The van der Waals surface area contributed by atoms with E-state index in [-0.39, 0.29) is 11.8 Å². The smallest absolute Gasteiger partial charge is 0.321 e. The van der Waals surface area contributed by atoms with E-state index in [0.29, 0.717) is 17.2 Å². The number of benzene rings is 1. The van der Waals surface area contributed by atoms with Crippen molar-refractivity contribution in [2.45, 2.75) is 19.8 Å². The van der Waals surface area contributed by atoms with Gasteiger partial charge in [-0.25, -0.2) is 9.18 Å². The van der Waals surface area contributed by atoms with Gasteiger partial charge >= 0.3 is 6.03 Å². The van der Waals surface area contributed by atoms with Crippen molar-refractivity contribution in [2.24, 2.45) is 5.92 Å². The Morgan fingerprint density at radius 3 is 2.74 bits per heavy atom. The topological polar surface area (TPSA) is 45.2 Å². The number of anilines is 1. The highest BCUT2D eigenvalue weighted by atomic mass is 19.1. The number of halogens is 1. The van der Waals surface area contributed by atoms with Gasteiger partial charge in [-0.1, -0.05) is 19.1 Å². The van der Waals surface area contributed by atoms with Gasteiger partial charge in [-0.15, -0.1) is 0 Å². The summed E-state index contributed by atoms with van der Waals surface area (Å²) in [6.45, 7) is 3.80. The van der Waals surface area contributed by atoms with Crippen molar-refractivity contribution >= 4 is 11.7 Å². The number of piperidine rings is 1. The third-order valence-corrected chi connectivity index (χ3v) is 4.22. The summed E-state index contributed by atoms with van der Waals surface area (Å²) in [6.07, 6.45) is 4.87. The van der Waals surface area contributed by atoms with Crippen LogP contribution in [-0.2, 0) is 0 Å². The molecule has 0 radical (unpaired) electrons. The van der Waals surface area contributed by atoms with Gasteiger partial charge in [-0.3, -0.25) is 4.98 Å². The second kappa shape index (κ2) is 6.77. The zero-order valence-electron chi connectivity index (χ0n) is 13.1. The molecule has 5 heteroatoms. The molecule has 1 saturated heterocycles. The number of urea groups is 1. The molecule has 0 saturated carbocycles. The lowest BCUT2D eigenvalue weighted by Gasteiger charge is -2.30. The first-order chi connectivity index (χ1) is 11.1. The molecule has 2 heterocycles. The molecule has 0 spiro atoms. The highest BCUT2D eigenvalue weighted by Crippen LogP contribution is 2.23. The molecule has 23 heavy (non-hydrogen) atoms. The normalized spacial score (nSPS) is 15.5. The Balaban J connectivity index is 1.71. The molecule has 1 fully saturated rings. The van der Waals surface area contributed by atoms with E-state index in [9.17, 15) is 9.18 Å². The molecule has 0 bridgehead atoms. The Bertz CT molecular complexity index is 696. The van der Waals surface area contributed by atoms with Crippen molar-refractivity contribution in [3.63, 3.8) is 0 Å². The Kier molecular flexibility index (Phi) is 4.55. The second-order valence-electron chi connectivity index (χ2n) is 6.07. The maximum absolute atomic E-state index is 13.3. The van der Waals surface area contributed by atoms with E-state index in [0.717, 1.165) is 31.5 Å². The molecule has 1 N–H and O–H groups in total. The molecule has 120 valence electrons. The number of hydrogen-bond acceptors (Lipinski definition) is 2. The maximum atomic E-state index is 13.3. The lowest BCUT2D eigenvalue weighted by Crippen LogP contribution is -2.40. The Hall–Kier alpha value is -2.43. The molecule has 1 aliphatic rings. The summed E-state index contributed by atoms with van der Waals surface area (Å²) in [4.78, 5) is 18.0. The van der Waals surface area contributed by atoms with Crippen molar-refractivity contribution in [1.29, 1.82) is 0 Å². The van der Waals surface area contributed by atoms with Gasteiger partial charge < -0.3 is 10.2 Å². The number of hydrogen-bond donors (Lipinski definition) is 1. The number of nitrogens with one attached hydrogen (secondary N) is 1. The lowest BCUT2D eigenvalue weighted by atomic mass is 10.00. The zero-order chi connectivity index (χ0) is 16.2. The van der Waals surface area contributed by atoms with Gasteiger partial charge in [0.25, 0.3) is 0 Å². The number of carbonyl (C=O) groups is 1. The van der Waals surface area contributed by atoms with Crippen LogP contribution < -0.4 is 5.32 Å². The van der Waals surface area contributed by atoms with E-state index in [2.05, 4.69) is 17.2 Å². The van der Waals surface area contributed by atoms with Crippen LogP contribution in [0.3, 0.4) is 0 Å². The molecule has 0 aliphatic carbocycles. The average molecular weight is 313 g/mol. The van der Waals surface area contributed by atoms with Crippen molar-refractivity contribution in [3.8, 4) is 11.1 Å². The van der Waals surface area contributed by atoms with Gasteiger partial charge in [0.15, 0.2) is 0 Å². The molecule has 0 unspecified atom stereocenters. The van der Waals surface area contributed by atoms with E-state index < -0.39 is 0 Å². The molecular formula is C18H20FN3O. The molecular weight excluding hydrogens is 293 g/mol. The minimum Gasteiger partial charge on any atom is -0.325 e. The van der Waals surface area contributed by atoms with Crippen LogP contribution in [0.4, 0.5) is 14.9 Å². The fourth-order valence-corrected chi connectivity index (χ4v) is 2.76. The van der Waals surface area contributed by atoms with Gasteiger partial charge in [0.2, 0.25) is 0 Å². The maximum Gasteiger partial charge on any atom is 0.321 e. The molecule has 2 aromatic rings. The van der Waals surface area contributed by atoms with Crippen LogP contribution in [0.5, 0.6) is 0 Å². The third-order valence-electron chi connectivity index (χ3n) is 4.22. The molecule has 2 amide bonds. The highest BCUT2D eigenvalue weighted by Gasteiger charge is 2.20. The fraction of sp³-hybridized carbons (Fsp3) is 0.333. The molecule has 1 aliphatic heterocycles. The molecule has 1 aromatic carbocycles. The highest BCUT2D eigenvalue weighted by molar-refractivity contribution is 5.90. The molecule has 1 aromatic heterocycles. The van der Waals surface area contributed by atoms with Crippen molar-refractivity contribution in [3.05, 3.63) is 48.5 Å². The lowest BCUT2D eigenvalue weighted by molar-refractivity contribution is 0.186. The first-order valence-electron chi connectivity index (χ1n) is 7.89. The van der Waals surface area contributed by atoms with Gasteiger partial charge in [0.1, 0.15) is 5.82 Å². The van der Waals surface area contributed by atoms with Crippen LogP contribution >= 0.6 is 0 Å². The van der Waals surface area contributed by atoms with E-state index in [1.54, 1.807) is 6.20 Å². The number of rotatable bonds is 2. The van der Waals surface area contributed by atoms with Gasteiger partial charge in [-0.05, 0) is 42.5 Å². The minimum absolute atomic E-state index is 0.0774. The predicted octanol–water partition coefficient (Wildman–Crippen LogP) is 4.15. The summed E-state index contributed by atoms with van der Waals surface area (Å²) < 4.78 is 13.3. The van der Waals surface area contributed by atoms with Crippen LogP contribution in [0.25, 0.3) is 11.1 Å². The van der Waals surface area contributed by atoms with Crippen LogP contribution in [0.15, 0.2) is 42.7 Å². The monoisotopic (exact) mass is 313 g/mol. The first-order valence-corrected chi connectivity index (χ1v) is 7.89. The standard InChI is InChI=1S/C18H20FN3O/c1-13-5-7-22(8-6-13)18(23)21-17-4-2-3-14(10-17)15-9-16(19)12-20-11-15/h2-4,9-13H,5-8H2,1H3,(H,21,23). The minimum atomic E-state index is -0.376. The Morgan fingerprint density at radius 1 is 1.22 bits per heavy atom. The van der Waals surface area contributed by atoms with Crippen LogP contribution in [0.1, 0.15) is 19.8 Å². The molecule has 4 nitrogen and oxygen atoms in total. The van der Waals surface area contributed by atoms with Gasteiger partial charge in [0.05, 0.1) is 6.20 Å². The SMILES string of the molecule is CC1CCN(C(=O)Nc2cccc(-c3cncc(F)c3)c2)CC1. The number of pyridine rings is 1. The number of likely N-dealkylation sites (tertiary alicyclic amines) is 1. The quantitative estimate of drug-likeness (QED) is 0.905. The average Bonchev–Trinajstić information content (AvgIpc) is 2.56. The summed E-state index contributed by atoms with van der Waals surface area (Å²) in [5, 5.41) is 2.92. The fourth-order valence-electron chi connectivity index (χ4n) is 2.76. The third kappa shape index (κ3) is 3.86. The molecule has 3 rings (SSSR count). The van der Waals surface area contributed by atoms with E-state index in [4.69, 9.17) is 0 Å². The van der Waals surface area contributed by atoms with Crippen LogP contribution in [0.2, 0.25) is 0 Å². The van der Waals surface area contributed by atoms with Gasteiger partial charge in [0, 0.05) is 30.5 Å². The van der Waals surface area contributed by atoms with Crippen LogP contribution in [0, 0.1) is 11.7 Å². The first kappa shape index (κ1) is 15.5. The number of aromatic nitrogens is 1. The van der Waals surface area contributed by atoms with Crippen molar-refractivity contribution in [2.75, 3.05) is 18.4 Å².